The molecule has 0 aliphatic carbocycles. The van der Waals surface area contributed by atoms with Crippen LogP contribution >= 0.6 is 11.8 Å². The molecule has 0 spiro atoms. The maximum absolute atomic E-state index is 12.8. The van der Waals surface area contributed by atoms with Crippen molar-refractivity contribution in [1.82, 2.24) is 4.90 Å². The average molecular weight is 455 g/mol. The first-order chi connectivity index (χ1) is 14.8. The van der Waals surface area contributed by atoms with Crippen LogP contribution in [0.15, 0.2) is 88.7 Å². The number of sulfone groups is 1. The third kappa shape index (κ3) is 5.96. The van der Waals surface area contributed by atoms with E-state index < -0.39 is 9.84 Å². The molecule has 0 aromatic heterocycles. The van der Waals surface area contributed by atoms with Gasteiger partial charge in [-0.15, -0.1) is 0 Å². The highest BCUT2D eigenvalue weighted by Gasteiger charge is 2.17. The first-order valence-electron chi connectivity index (χ1n) is 9.42. The SMILES string of the molecule is CN(C)C(=O)Sc1ccccc1NC(=O)c1cccc(CS(=O)(=O)c2ccccc2)c1. The number of nitrogens with zero attached hydrogens (tertiary/aromatic N) is 1. The second-order valence-electron chi connectivity index (χ2n) is 6.99. The smallest absolute Gasteiger partial charge is 0.286 e. The molecule has 8 heteroatoms. The molecule has 0 radical (unpaired) electrons. The van der Waals surface area contributed by atoms with E-state index in [1.807, 2.05) is 0 Å². The maximum Gasteiger partial charge on any atom is 0.286 e. The van der Waals surface area contributed by atoms with Crippen molar-refractivity contribution in [2.75, 3.05) is 19.4 Å². The molecule has 31 heavy (non-hydrogen) atoms. The number of thioether (sulfide) groups is 1. The van der Waals surface area contributed by atoms with Crippen molar-refractivity contribution in [3.8, 4) is 0 Å². The molecule has 3 aromatic rings. The number of amides is 2. The number of benzene rings is 3. The Morgan fingerprint density at radius 2 is 1.58 bits per heavy atom. The Labute approximate surface area is 186 Å². The largest absolute Gasteiger partial charge is 0.339 e. The molecule has 0 unspecified atom stereocenters. The van der Waals surface area contributed by atoms with Crippen molar-refractivity contribution in [2.24, 2.45) is 0 Å². The zero-order chi connectivity index (χ0) is 22.4. The van der Waals surface area contributed by atoms with Gasteiger partial charge in [-0.3, -0.25) is 9.59 Å². The summed E-state index contributed by atoms with van der Waals surface area (Å²) in [7, 11) is -0.204. The van der Waals surface area contributed by atoms with Gasteiger partial charge in [0.15, 0.2) is 9.84 Å². The minimum atomic E-state index is -3.52. The first kappa shape index (κ1) is 22.6. The van der Waals surface area contributed by atoms with E-state index in [1.54, 1.807) is 93.0 Å². The lowest BCUT2D eigenvalue weighted by Gasteiger charge is -2.13. The van der Waals surface area contributed by atoms with Gasteiger partial charge in [0.25, 0.3) is 11.1 Å². The molecular formula is C23H22N2O4S2. The summed E-state index contributed by atoms with van der Waals surface area (Å²) in [6.07, 6.45) is 0. The summed E-state index contributed by atoms with van der Waals surface area (Å²) in [6.45, 7) is 0. The molecule has 0 fully saturated rings. The summed E-state index contributed by atoms with van der Waals surface area (Å²) in [5.41, 5.74) is 1.36. The summed E-state index contributed by atoms with van der Waals surface area (Å²) in [5.74, 6) is -0.591. The summed E-state index contributed by atoms with van der Waals surface area (Å²) in [4.78, 5) is 27.2. The predicted octanol–water partition coefficient (Wildman–Crippen LogP) is 4.69. The third-order valence-corrected chi connectivity index (χ3v) is 7.17. The molecule has 0 bridgehead atoms. The van der Waals surface area contributed by atoms with Crippen molar-refractivity contribution in [3.05, 3.63) is 90.0 Å². The molecule has 160 valence electrons. The molecule has 6 nitrogen and oxygen atoms in total. The van der Waals surface area contributed by atoms with Crippen LogP contribution in [0.4, 0.5) is 10.5 Å². The van der Waals surface area contributed by atoms with Crippen molar-refractivity contribution < 1.29 is 18.0 Å². The Morgan fingerprint density at radius 1 is 0.903 bits per heavy atom. The fourth-order valence-electron chi connectivity index (χ4n) is 2.77. The van der Waals surface area contributed by atoms with Crippen molar-refractivity contribution in [1.29, 1.82) is 0 Å². The van der Waals surface area contributed by atoms with Crippen LogP contribution in [0.2, 0.25) is 0 Å². The molecule has 0 aliphatic rings. The molecule has 0 aliphatic heterocycles. The van der Waals surface area contributed by atoms with Crippen LogP contribution < -0.4 is 5.32 Å². The van der Waals surface area contributed by atoms with E-state index in [2.05, 4.69) is 5.32 Å². The molecule has 3 aromatic carbocycles. The zero-order valence-corrected chi connectivity index (χ0v) is 18.7. The number of nitrogens with one attached hydrogen (secondary N) is 1. The quantitative estimate of drug-likeness (QED) is 0.547. The lowest BCUT2D eigenvalue weighted by Crippen LogP contribution is -2.17. The van der Waals surface area contributed by atoms with Gasteiger partial charge in [-0.25, -0.2) is 8.42 Å². The Hall–Kier alpha value is -3.10. The summed E-state index contributed by atoms with van der Waals surface area (Å²) < 4.78 is 25.3. The van der Waals surface area contributed by atoms with Crippen LogP contribution in [0.3, 0.4) is 0 Å². The molecule has 0 atom stereocenters. The average Bonchev–Trinajstić information content (AvgIpc) is 2.75. The minimum absolute atomic E-state index is 0.158. The molecule has 0 heterocycles. The number of hydrogen-bond donors (Lipinski definition) is 1. The van der Waals surface area contributed by atoms with Gasteiger partial charge in [-0.2, -0.15) is 0 Å². The van der Waals surface area contributed by atoms with Crippen LogP contribution in [-0.2, 0) is 15.6 Å². The van der Waals surface area contributed by atoms with Crippen LogP contribution in [-0.4, -0.2) is 38.6 Å². The minimum Gasteiger partial charge on any atom is -0.339 e. The van der Waals surface area contributed by atoms with E-state index >= 15 is 0 Å². The predicted molar refractivity (Wildman–Crippen MR) is 123 cm³/mol. The van der Waals surface area contributed by atoms with Crippen LogP contribution in [0, 0.1) is 0 Å². The molecule has 0 saturated carbocycles. The van der Waals surface area contributed by atoms with Gasteiger partial charge in [-0.1, -0.05) is 42.5 Å². The Balaban J connectivity index is 1.78. The number of anilines is 1. The Morgan fingerprint density at radius 3 is 2.29 bits per heavy atom. The van der Waals surface area contributed by atoms with Crippen molar-refractivity contribution in [3.63, 3.8) is 0 Å². The Bertz CT molecular complexity index is 1190. The van der Waals surface area contributed by atoms with Gasteiger partial charge in [0.1, 0.15) is 0 Å². The third-order valence-electron chi connectivity index (χ3n) is 4.35. The summed E-state index contributed by atoms with van der Waals surface area (Å²) in [6, 6.07) is 21.7. The van der Waals surface area contributed by atoms with Gasteiger partial charge in [-0.05, 0) is 53.7 Å². The van der Waals surface area contributed by atoms with Gasteiger partial charge in [0, 0.05) is 24.6 Å². The fraction of sp³-hybridized carbons (Fsp3) is 0.130. The second kappa shape index (κ2) is 9.80. The molecule has 1 N–H and O–H groups in total. The summed E-state index contributed by atoms with van der Waals surface area (Å²) in [5, 5.41) is 2.66. The zero-order valence-electron chi connectivity index (χ0n) is 17.1. The van der Waals surface area contributed by atoms with Gasteiger partial charge >= 0.3 is 0 Å². The van der Waals surface area contributed by atoms with E-state index in [4.69, 9.17) is 0 Å². The lowest BCUT2D eigenvalue weighted by atomic mass is 10.1. The van der Waals surface area contributed by atoms with E-state index in [-0.39, 0.29) is 21.8 Å². The Kier molecular flexibility index (Phi) is 7.14. The van der Waals surface area contributed by atoms with Crippen LogP contribution in [0.5, 0.6) is 0 Å². The topological polar surface area (TPSA) is 83.6 Å². The van der Waals surface area contributed by atoms with Gasteiger partial charge < -0.3 is 10.2 Å². The van der Waals surface area contributed by atoms with Gasteiger partial charge in [0.2, 0.25) is 0 Å². The standard InChI is InChI=1S/C23H22N2O4S2/c1-25(2)23(27)30-21-14-7-6-13-20(21)24-22(26)18-10-8-9-17(15-18)16-31(28,29)19-11-4-3-5-12-19/h3-15H,16H2,1-2H3,(H,24,26). The number of rotatable bonds is 6. The van der Waals surface area contributed by atoms with E-state index in [0.717, 1.165) is 11.8 Å². The van der Waals surface area contributed by atoms with E-state index in [1.165, 1.54) is 4.90 Å². The highest BCUT2D eigenvalue weighted by molar-refractivity contribution is 8.13. The van der Waals surface area contributed by atoms with Crippen molar-refractivity contribution >= 4 is 38.4 Å². The van der Waals surface area contributed by atoms with Crippen molar-refractivity contribution in [2.45, 2.75) is 15.5 Å². The highest BCUT2D eigenvalue weighted by Crippen LogP contribution is 2.29. The highest BCUT2D eigenvalue weighted by atomic mass is 32.2. The second-order valence-corrected chi connectivity index (χ2v) is 9.97. The van der Waals surface area contributed by atoms with Crippen LogP contribution in [0.25, 0.3) is 0 Å². The number of carbonyl (C=O) groups is 2. The fourth-order valence-corrected chi connectivity index (χ4v) is 4.87. The molecule has 0 saturated heterocycles. The number of para-hydroxylation sites is 1. The monoisotopic (exact) mass is 454 g/mol. The summed E-state index contributed by atoms with van der Waals surface area (Å²) >= 11 is 1.02. The van der Waals surface area contributed by atoms with Gasteiger partial charge in [0.05, 0.1) is 16.3 Å². The lowest BCUT2D eigenvalue weighted by molar-refractivity contribution is 0.102. The van der Waals surface area contributed by atoms with Crippen LogP contribution in [0.1, 0.15) is 15.9 Å². The molecule has 3 rings (SSSR count). The molecule has 2 amide bonds. The maximum atomic E-state index is 12.8. The van der Waals surface area contributed by atoms with E-state index in [9.17, 15) is 18.0 Å². The molecular weight excluding hydrogens is 432 g/mol. The van der Waals surface area contributed by atoms with E-state index in [0.29, 0.717) is 21.7 Å². The number of carbonyl (C=O) groups excluding carboxylic acids is 2. The number of hydrogen-bond acceptors (Lipinski definition) is 5. The first-order valence-corrected chi connectivity index (χ1v) is 11.9. The normalized spacial score (nSPS) is 11.0.